The molecule has 36 heavy (non-hydrogen) atoms. The number of carbonyl (C=O) groups is 2. The number of hydrogen-bond donors (Lipinski definition) is 1. The fourth-order valence-corrected chi connectivity index (χ4v) is 4.90. The van der Waals surface area contributed by atoms with Crippen LogP contribution in [0.4, 0.5) is 5.69 Å². The largest absolute Gasteiger partial charge is 0.350 e. The lowest BCUT2D eigenvalue weighted by atomic mass is 10.1. The zero-order valence-electron chi connectivity index (χ0n) is 22.3. The summed E-state index contributed by atoms with van der Waals surface area (Å²) in [7, 11) is -1.18. The second kappa shape index (κ2) is 11.6. The number of amides is 2. The Hall–Kier alpha value is -2.62. The Morgan fingerprint density at radius 2 is 1.69 bits per heavy atom. The highest BCUT2D eigenvalue weighted by atomic mass is 35.5. The first kappa shape index (κ1) is 29.6. The molecular formula is C26H37ClN4O4S. The molecule has 0 aliphatic carbocycles. The number of nitrogens with one attached hydrogen (secondary N) is 1. The zero-order valence-corrected chi connectivity index (χ0v) is 23.9. The SMILES string of the molecule is Cc1ccc(C)c(N(CC(=O)N(Cc2cccc(Cl)c2)[C@H](C)C(=O)NC(C)(C)C)S(=O)(=O)N(C)C)c1. The van der Waals surface area contributed by atoms with Crippen LogP contribution in [-0.4, -0.2) is 61.7 Å². The van der Waals surface area contributed by atoms with Gasteiger partial charge in [0.25, 0.3) is 0 Å². The summed E-state index contributed by atoms with van der Waals surface area (Å²) in [4.78, 5) is 28.2. The lowest BCUT2D eigenvalue weighted by Gasteiger charge is -2.34. The van der Waals surface area contributed by atoms with E-state index in [0.717, 1.165) is 19.7 Å². The van der Waals surface area contributed by atoms with Crippen LogP contribution in [-0.2, 0) is 26.3 Å². The average molecular weight is 537 g/mol. The van der Waals surface area contributed by atoms with Gasteiger partial charge in [-0.25, -0.2) is 4.31 Å². The molecule has 1 N–H and O–H groups in total. The lowest BCUT2D eigenvalue weighted by Crippen LogP contribution is -2.55. The fourth-order valence-electron chi connectivity index (χ4n) is 3.58. The summed E-state index contributed by atoms with van der Waals surface area (Å²) in [6.45, 7) is 10.5. The molecule has 0 aromatic heterocycles. The number of aryl methyl sites for hydroxylation is 2. The molecule has 0 radical (unpaired) electrons. The van der Waals surface area contributed by atoms with Gasteiger partial charge in [0.1, 0.15) is 12.6 Å². The van der Waals surface area contributed by atoms with Crippen molar-refractivity contribution in [1.29, 1.82) is 0 Å². The maximum Gasteiger partial charge on any atom is 0.304 e. The van der Waals surface area contributed by atoms with Crippen LogP contribution in [0.2, 0.25) is 5.02 Å². The summed E-state index contributed by atoms with van der Waals surface area (Å²) in [5, 5.41) is 3.40. The second-order valence-electron chi connectivity index (χ2n) is 10.2. The smallest absolute Gasteiger partial charge is 0.304 e. The Bertz CT molecular complexity index is 1210. The quantitative estimate of drug-likeness (QED) is 0.526. The molecule has 0 spiro atoms. The van der Waals surface area contributed by atoms with Crippen molar-refractivity contribution < 1.29 is 18.0 Å². The molecule has 2 rings (SSSR count). The van der Waals surface area contributed by atoms with Crippen LogP contribution in [0.25, 0.3) is 0 Å². The molecule has 0 unspecified atom stereocenters. The van der Waals surface area contributed by atoms with E-state index in [4.69, 9.17) is 11.6 Å². The highest BCUT2D eigenvalue weighted by Gasteiger charge is 2.34. The third-order valence-corrected chi connectivity index (χ3v) is 7.60. The molecule has 0 fully saturated rings. The summed E-state index contributed by atoms with van der Waals surface area (Å²) in [6, 6.07) is 11.6. The van der Waals surface area contributed by atoms with E-state index in [1.165, 1.54) is 19.0 Å². The van der Waals surface area contributed by atoms with E-state index in [1.54, 1.807) is 44.2 Å². The van der Waals surface area contributed by atoms with Crippen molar-refractivity contribution in [3.8, 4) is 0 Å². The van der Waals surface area contributed by atoms with Gasteiger partial charge >= 0.3 is 10.2 Å². The first-order valence-corrected chi connectivity index (χ1v) is 13.4. The molecule has 2 amide bonds. The molecule has 0 saturated carbocycles. The number of nitrogens with zero attached hydrogens (tertiary/aromatic N) is 3. The normalized spacial score (nSPS) is 12.8. The van der Waals surface area contributed by atoms with Crippen LogP contribution >= 0.6 is 11.6 Å². The number of anilines is 1. The third kappa shape index (κ3) is 7.69. The van der Waals surface area contributed by atoms with Crippen LogP contribution in [0.5, 0.6) is 0 Å². The van der Waals surface area contributed by atoms with Crippen molar-refractivity contribution in [1.82, 2.24) is 14.5 Å². The summed E-state index contributed by atoms with van der Waals surface area (Å²) in [5.41, 5.74) is 2.19. The maximum absolute atomic E-state index is 13.8. The van der Waals surface area contributed by atoms with Gasteiger partial charge in [0.15, 0.2) is 0 Å². The predicted molar refractivity (Wildman–Crippen MR) is 145 cm³/mol. The minimum absolute atomic E-state index is 0.0841. The molecule has 1 atom stereocenters. The average Bonchev–Trinajstić information content (AvgIpc) is 2.75. The highest BCUT2D eigenvalue weighted by Crippen LogP contribution is 2.26. The lowest BCUT2D eigenvalue weighted by molar-refractivity contribution is -0.140. The first-order chi connectivity index (χ1) is 16.5. The Balaban J connectivity index is 2.53. The molecule has 10 heteroatoms. The number of rotatable bonds is 9. The predicted octanol–water partition coefficient (Wildman–Crippen LogP) is 3.90. The molecular weight excluding hydrogens is 500 g/mol. The minimum atomic E-state index is -4.02. The van der Waals surface area contributed by atoms with Crippen LogP contribution in [0.1, 0.15) is 44.4 Å². The Morgan fingerprint density at radius 1 is 1.06 bits per heavy atom. The molecule has 2 aromatic rings. The van der Waals surface area contributed by atoms with Gasteiger partial charge in [0.05, 0.1) is 5.69 Å². The van der Waals surface area contributed by atoms with Gasteiger partial charge in [-0.2, -0.15) is 12.7 Å². The van der Waals surface area contributed by atoms with Crippen molar-refractivity contribution in [2.75, 3.05) is 24.9 Å². The number of halogens is 1. The molecule has 0 aliphatic heterocycles. The van der Waals surface area contributed by atoms with Gasteiger partial charge in [-0.3, -0.25) is 9.59 Å². The van der Waals surface area contributed by atoms with Crippen molar-refractivity contribution in [3.63, 3.8) is 0 Å². The summed E-state index contributed by atoms with van der Waals surface area (Å²) < 4.78 is 28.8. The molecule has 0 aliphatic rings. The van der Waals surface area contributed by atoms with Gasteiger partial charge in [-0.15, -0.1) is 0 Å². The van der Waals surface area contributed by atoms with Gasteiger partial charge in [-0.1, -0.05) is 35.9 Å². The highest BCUT2D eigenvalue weighted by molar-refractivity contribution is 7.90. The number of hydrogen-bond acceptors (Lipinski definition) is 4. The third-order valence-electron chi connectivity index (χ3n) is 5.56. The van der Waals surface area contributed by atoms with Crippen LogP contribution in [0.3, 0.4) is 0 Å². The van der Waals surface area contributed by atoms with Gasteiger partial charge < -0.3 is 10.2 Å². The Kier molecular flexibility index (Phi) is 9.56. The van der Waals surface area contributed by atoms with Gasteiger partial charge in [0, 0.05) is 31.2 Å². The standard InChI is InChI=1S/C26H37ClN4O4S/c1-18-12-13-19(2)23(14-18)31(36(34,35)29(7)8)17-24(32)30(16-21-10-9-11-22(27)15-21)20(3)25(33)28-26(4,5)6/h9-15,20H,16-17H2,1-8H3,(H,28,33)/t20-/m1/s1. The van der Waals surface area contributed by atoms with E-state index < -0.39 is 34.2 Å². The molecule has 0 saturated heterocycles. The van der Waals surface area contributed by atoms with Crippen LogP contribution in [0.15, 0.2) is 42.5 Å². The summed E-state index contributed by atoms with van der Waals surface area (Å²) in [6.07, 6.45) is 0. The van der Waals surface area contributed by atoms with E-state index in [2.05, 4.69) is 5.32 Å². The van der Waals surface area contributed by atoms with Crippen molar-refractivity contribution in [3.05, 3.63) is 64.2 Å². The van der Waals surface area contributed by atoms with Crippen molar-refractivity contribution >= 4 is 39.3 Å². The van der Waals surface area contributed by atoms with E-state index in [9.17, 15) is 18.0 Å². The molecule has 8 nitrogen and oxygen atoms in total. The van der Waals surface area contributed by atoms with Gasteiger partial charge in [-0.05, 0) is 76.4 Å². The summed E-state index contributed by atoms with van der Waals surface area (Å²) >= 11 is 6.15. The van der Waals surface area contributed by atoms with E-state index in [-0.39, 0.29) is 12.5 Å². The molecule has 0 bridgehead atoms. The monoisotopic (exact) mass is 536 g/mol. The fraction of sp³-hybridized carbons (Fsp3) is 0.462. The Labute approximate surface area is 220 Å². The molecule has 0 heterocycles. The number of carbonyl (C=O) groups excluding carboxylic acids is 2. The second-order valence-corrected chi connectivity index (χ2v) is 12.7. The van der Waals surface area contributed by atoms with E-state index in [0.29, 0.717) is 16.3 Å². The maximum atomic E-state index is 13.8. The molecule has 2 aromatic carbocycles. The van der Waals surface area contributed by atoms with E-state index >= 15 is 0 Å². The van der Waals surface area contributed by atoms with Gasteiger partial charge in [0.2, 0.25) is 11.8 Å². The first-order valence-electron chi connectivity index (χ1n) is 11.7. The number of benzene rings is 2. The van der Waals surface area contributed by atoms with Crippen LogP contribution < -0.4 is 9.62 Å². The minimum Gasteiger partial charge on any atom is -0.350 e. The van der Waals surface area contributed by atoms with Crippen molar-refractivity contribution in [2.24, 2.45) is 0 Å². The summed E-state index contributed by atoms with van der Waals surface area (Å²) in [5.74, 6) is -0.857. The topological polar surface area (TPSA) is 90.0 Å². The zero-order chi connectivity index (χ0) is 27.4. The van der Waals surface area contributed by atoms with Crippen molar-refractivity contribution in [2.45, 2.75) is 59.7 Å². The Morgan fingerprint density at radius 3 is 2.25 bits per heavy atom. The van der Waals surface area contributed by atoms with Crippen LogP contribution in [0, 0.1) is 13.8 Å². The van der Waals surface area contributed by atoms with E-state index in [1.807, 2.05) is 39.8 Å². The molecule has 198 valence electrons.